The lowest BCUT2D eigenvalue weighted by Gasteiger charge is -2.10. The first-order valence-corrected chi connectivity index (χ1v) is 7.65. The summed E-state index contributed by atoms with van der Waals surface area (Å²) < 4.78 is 27.9. The summed E-state index contributed by atoms with van der Waals surface area (Å²) in [6.07, 6.45) is 0.823. The topological polar surface area (TPSA) is 88.9 Å². The molecule has 0 aromatic carbocycles. The van der Waals surface area contributed by atoms with Crippen molar-refractivity contribution < 1.29 is 8.42 Å². The Kier molecular flexibility index (Phi) is 3.98. The lowest BCUT2D eigenvalue weighted by atomic mass is 10.4. The highest BCUT2D eigenvalue weighted by atomic mass is 32.2. The Morgan fingerprint density at radius 1 is 1.39 bits per heavy atom. The Labute approximate surface area is 107 Å². The van der Waals surface area contributed by atoms with Gasteiger partial charge >= 0.3 is 0 Å². The number of nitrogens with one attached hydrogen (secondary N) is 2. The normalized spacial score (nSPS) is 16.6. The highest BCUT2D eigenvalue weighted by molar-refractivity contribution is 7.90. The number of hydrogen-bond donors (Lipinski definition) is 2. The van der Waals surface area contributed by atoms with E-state index in [0.29, 0.717) is 5.82 Å². The van der Waals surface area contributed by atoms with Crippen molar-refractivity contribution in [3.8, 4) is 0 Å². The first-order valence-electron chi connectivity index (χ1n) is 6.11. The molecule has 2 rings (SSSR count). The number of hydrogen-bond acceptors (Lipinski definition) is 5. The van der Waals surface area contributed by atoms with Gasteiger partial charge in [-0.3, -0.25) is 0 Å². The van der Waals surface area contributed by atoms with Crippen molar-refractivity contribution in [3.05, 3.63) is 11.6 Å². The summed E-state index contributed by atoms with van der Waals surface area (Å²) in [6, 6.07) is 0. The fraction of sp³-hybridized carbons (Fsp3) is 0.800. The second-order valence-electron chi connectivity index (χ2n) is 4.60. The SMILES string of the molecule is CC(C)S(=O)(=O)NCc1nnc2n1CCNCC2. The summed E-state index contributed by atoms with van der Waals surface area (Å²) in [5.74, 6) is 1.59. The van der Waals surface area contributed by atoms with Crippen LogP contribution in [0.25, 0.3) is 0 Å². The van der Waals surface area contributed by atoms with Crippen molar-refractivity contribution in [2.45, 2.75) is 38.6 Å². The molecule has 0 aliphatic carbocycles. The molecule has 7 nitrogen and oxygen atoms in total. The minimum atomic E-state index is -3.26. The van der Waals surface area contributed by atoms with Crippen LogP contribution in [0.4, 0.5) is 0 Å². The third kappa shape index (κ3) is 2.88. The van der Waals surface area contributed by atoms with Gasteiger partial charge in [0, 0.05) is 26.1 Å². The fourth-order valence-corrected chi connectivity index (χ4v) is 2.46. The zero-order chi connectivity index (χ0) is 13.2. The molecule has 0 atom stereocenters. The average Bonchev–Trinajstić information content (AvgIpc) is 2.55. The fourth-order valence-electron chi connectivity index (χ4n) is 1.79. The zero-order valence-electron chi connectivity index (χ0n) is 10.7. The Bertz CT molecular complexity index is 508. The molecule has 0 amide bonds. The second-order valence-corrected chi connectivity index (χ2v) is 6.92. The van der Waals surface area contributed by atoms with Crippen molar-refractivity contribution in [2.24, 2.45) is 0 Å². The van der Waals surface area contributed by atoms with Crippen molar-refractivity contribution in [1.82, 2.24) is 24.8 Å². The van der Waals surface area contributed by atoms with E-state index in [9.17, 15) is 8.42 Å². The molecule has 0 radical (unpaired) electrons. The van der Waals surface area contributed by atoms with Crippen molar-refractivity contribution in [3.63, 3.8) is 0 Å². The number of nitrogens with zero attached hydrogens (tertiary/aromatic N) is 3. The molecular weight excluding hydrogens is 254 g/mol. The third-order valence-corrected chi connectivity index (χ3v) is 4.78. The average molecular weight is 273 g/mol. The first kappa shape index (κ1) is 13.4. The van der Waals surface area contributed by atoms with Gasteiger partial charge in [-0.2, -0.15) is 0 Å². The van der Waals surface area contributed by atoms with Crippen LogP contribution >= 0.6 is 0 Å². The molecule has 0 bridgehead atoms. The zero-order valence-corrected chi connectivity index (χ0v) is 11.5. The summed E-state index contributed by atoms with van der Waals surface area (Å²) in [7, 11) is -3.26. The standard InChI is InChI=1S/C10H19N5O2S/c1-8(2)18(16,17)12-7-10-14-13-9-3-4-11-5-6-15(9)10/h8,11-12H,3-7H2,1-2H3. The third-order valence-electron chi connectivity index (χ3n) is 2.99. The minimum absolute atomic E-state index is 0.202. The predicted octanol–water partition coefficient (Wildman–Crippen LogP) is -0.748. The molecule has 0 unspecified atom stereocenters. The Hall–Kier alpha value is -0.990. The molecule has 1 aromatic rings. The van der Waals surface area contributed by atoms with Gasteiger partial charge < -0.3 is 9.88 Å². The van der Waals surface area contributed by atoms with Crippen LogP contribution in [0.1, 0.15) is 25.5 Å². The highest BCUT2D eigenvalue weighted by Crippen LogP contribution is 2.06. The quantitative estimate of drug-likeness (QED) is 0.753. The minimum Gasteiger partial charge on any atom is -0.315 e. The van der Waals surface area contributed by atoms with Gasteiger partial charge in [0.2, 0.25) is 10.0 Å². The van der Waals surface area contributed by atoms with Crippen LogP contribution in [-0.2, 0) is 29.5 Å². The van der Waals surface area contributed by atoms with Crippen LogP contribution in [0, 0.1) is 0 Å². The lowest BCUT2D eigenvalue weighted by Crippen LogP contribution is -2.31. The van der Waals surface area contributed by atoms with E-state index < -0.39 is 15.3 Å². The molecule has 18 heavy (non-hydrogen) atoms. The smallest absolute Gasteiger partial charge is 0.214 e. The predicted molar refractivity (Wildman–Crippen MR) is 67.5 cm³/mol. The largest absolute Gasteiger partial charge is 0.315 e. The highest BCUT2D eigenvalue weighted by Gasteiger charge is 2.19. The molecule has 1 aliphatic rings. The Morgan fingerprint density at radius 2 is 2.17 bits per heavy atom. The van der Waals surface area contributed by atoms with Crippen molar-refractivity contribution >= 4 is 10.0 Å². The van der Waals surface area contributed by atoms with Gasteiger partial charge in [-0.1, -0.05) is 0 Å². The van der Waals surface area contributed by atoms with Gasteiger partial charge in [-0.05, 0) is 13.8 Å². The molecule has 8 heteroatoms. The monoisotopic (exact) mass is 273 g/mol. The number of fused-ring (bicyclic) bond motifs is 1. The van der Waals surface area contributed by atoms with E-state index in [1.165, 1.54) is 0 Å². The lowest BCUT2D eigenvalue weighted by molar-refractivity contribution is 0.562. The molecule has 0 saturated carbocycles. The second kappa shape index (κ2) is 5.33. The number of sulfonamides is 1. The maximum atomic E-state index is 11.7. The molecule has 102 valence electrons. The van der Waals surface area contributed by atoms with Crippen LogP contribution in [0.15, 0.2) is 0 Å². The van der Waals surface area contributed by atoms with Crippen LogP contribution < -0.4 is 10.0 Å². The molecule has 1 aromatic heterocycles. The molecule has 0 fully saturated rings. The maximum absolute atomic E-state index is 11.7. The molecule has 2 N–H and O–H groups in total. The van der Waals surface area contributed by atoms with Crippen LogP contribution in [0.3, 0.4) is 0 Å². The summed E-state index contributed by atoms with van der Waals surface area (Å²) in [6.45, 7) is 6.02. The summed E-state index contributed by atoms with van der Waals surface area (Å²) in [5, 5.41) is 11.0. The van der Waals surface area contributed by atoms with Gasteiger partial charge in [0.25, 0.3) is 0 Å². The summed E-state index contributed by atoms with van der Waals surface area (Å²) in [4.78, 5) is 0. The van der Waals surface area contributed by atoms with Gasteiger partial charge in [0.15, 0.2) is 0 Å². The van der Waals surface area contributed by atoms with Crippen LogP contribution in [-0.4, -0.2) is 41.5 Å². The summed E-state index contributed by atoms with van der Waals surface area (Å²) >= 11 is 0. The molecule has 2 heterocycles. The summed E-state index contributed by atoms with van der Waals surface area (Å²) in [5.41, 5.74) is 0. The Morgan fingerprint density at radius 3 is 2.89 bits per heavy atom. The van der Waals surface area contributed by atoms with E-state index in [-0.39, 0.29) is 6.54 Å². The first-order chi connectivity index (χ1) is 8.50. The van der Waals surface area contributed by atoms with Gasteiger partial charge in [0.05, 0.1) is 11.8 Å². The van der Waals surface area contributed by atoms with Gasteiger partial charge in [-0.25, -0.2) is 13.1 Å². The van der Waals surface area contributed by atoms with Gasteiger partial charge in [-0.15, -0.1) is 10.2 Å². The van der Waals surface area contributed by atoms with Crippen LogP contribution in [0.5, 0.6) is 0 Å². The Balaban J connectivity index is 2.09. The molecule has 0 spiro atoms. The maximum Gasteiger partial charge on any atom is 0.214 e. The van der Waals surface area contributed by atoms with Crippen molar-refractivity contribution in [1.29, 1.82) is 0 Å². The van der Waals surface area contributed by atoms with E-state index in [1.54, 1.807) is 13.8 Å². The van der Waals surface area contributed by atoms with Gasteiger partial charge in [0.1, 0.15) is 11.6 Å². The van der Waals surface area contributed by atoms with E-state index in [0.717, 1.165) is 31.9 Å². The van der Waals surface area contributed by atoms with E-state index >= 15 is 0 Å². The molecule has 0 saturated heterocycles. The van der Waals surface area contributed by atoms with E-state index in [4.69, 9.17) is 0 Å². The number of rotatable bonds is 4. The van der Waals surface area contributed by atoms with E-state index in [1.807, 2.05) is 4.57 Å². The van der Waals surface area contributed by atoms with Crippen molar-refractivity contribution in [2.75, 3.05) is 13.1 Å². The molecule has 1 aliphatic heterocycles. The number of aromatic nitrogens is 3. The van der Waals surface area contributed by atoms with E-state index in [2.05, 4.69) is 20.2 Å². The molecular formula is C10H19N5O2S. The van der Waals surface area contributed by atoms with Crippen LogP contribution in [0.2, 0.25) is 0 Å².